The Morgan fingerprint density at radius 3 is 2.38 bits per heavy atom. The summed E-state index contributed by atoms with van der Waals surface area (Å²) in [5.74, 6) is -3.11. The molecule has 4 nitrogen and oxygen atoms in total. The first-order valence-corrected chi connectivity index (χ1v) is 6.21. The van der Waals surface area contributed by atoms with Crippen LogP contribution in [0.5, 0.6) is 0 Å². The highest BCUT2D eigenvalue weighted by Crippen LogP contribution is 2.24. The number of H-pyrrole nitrogens is 1. The molecule has 2 heterocycles. The molecule has 0 bridgehead atoms. The van der Waals surface area contributed by atoms with Gasteiger partial charge in [0.25, 0.3) is 0 Å². The van der Waals surface area contributed by atoms with Crippen LogP contribution >= 0.6 is 12.2 Å². The van der Waals surface area contributed by atoms with E-state index in [-0.39, 0.29) is 16.3 Å². The van der Waals surface area contributed by atoms with Gasteiger partial charge in [-0.2, -0.15) is 5.10 Å². The lowest BCUT2D eigenvalue weighted by Gasteiger charge is -2.08. The highest BCUT2D eigenvalue weighted by molar-refractivity contribution is 7.71. The number of halogens is 3. The number of aromatic amines is 1. The van der Waals surface area contributed by atoms with Gasteiger partial charge in [0, 0.05) is 30.1 Å². The molecule has 106 valence electrons. The Bertz CT molecular complexity index is 858. The quantitative estimate of drug-likeness (QED) is 0.583. The third-order valence-corrected chi connectivity index (χ3v) is 3.12. The molecular weight excluding hydrogens is 301 g/mol. The molecule has 1 N–H and O–H groups in total. The molecular formula is C13H7F3N4S. The van der Waals surface area contributed by atoms with Gasteiger partial charge in [-0.25, -0.2) is 13.2 Å². The van der Waals surface area contributed by atoms with Gasteiger partial charge in [-0.3, -0.25) is 14.6 Å². The fourth-order valence-electron chi connectivity index (χ4n) is 1.90. The Kier molecular flexibility index (Phi) is 3.30. The van der Waals surface area contributed by atoms with E-state index in [0.29, 0.717) is 11.6 Å². The molecule has 3 aromatic rings. The summed E-state index contributed by atoms with van der Waals surface area (Å²) in [5, 5.41) is 6.50. The molecule has 0 fully saturated rings. The maximum absolute atomic E-state index is 13.9. The van der Waals surface area contributed by atoms with Gasteiger partial charge in [-0.15, -0.1) is 0 Å². The molecule has 0 radical (unpaired) electrons. The molecule has 0 saturated carbocycles. The molecule has 21 heavy (non-hydrogen) atoms. The first-order valence-electron chi connectivity index (χ1n) is 5.80. The smallest absolute Gasteiger partial charge is 0.200 e. The minimum Gasteiger partial charge on any atom is -0.265 e. The zero-order valence-corrected chi connectivity index (χ0v) is 11.2. The summed E-state index contributed by atoms with van der Waals surface area (Å²) in [6.07, 6.45) is 3.05. The monoisotopic (exact) mass is 308 g/mol. The maximum atomic E-state index is 13.9. The van der Waals surface area contributed by atoms with Gasteiger partial charge >= 0.3 is 0 Å². The average molecular weight is 308 g/mol. The van der Waals surface area contributed by atoms with E-state index < -0.39 is 17.5 Å². The second kappa shape index (κ2) is 5.13. The van der Waals surface area contributed by atoms with Crippen molar-refractivity contribution in [3.05, 3.63) is 58.9 Å². The van der Waals surface area contributed by atoms with Gasteiger partial charge in [-0.05, 0) is 24.4 Å². The third kappa shape index (κ3) is 2.33. The van der Waals surface area contributed by atoms with Crippen molar-refractivity contribution in [2.45, 2.75) is 0 Å². The van der Waals surface area contributed by atoms with Crippen LogP contribution in [-0.4, -0.2) is 19.7 Å². The van der Waals surface area contributed by atoms with Crippen molar-refractivity contribution in [1.29, 1.82) is 0 Å². The average Bonchev–Trinajstić information content (AvgIpc) is 2.85. The number of hydrogen-bond donors (Lipinski definition) is 1. The summed E-state index contributed by atoms with van der Waals surface area (Å²) in [4.78, 5) is 3.87. The Balaban J connectivity index is 2.27. The Hall–Kier alpha value is -2.48. The Labute approximate surface area is 121 Å². The van der Waals surface area contributed by atoms with E-state index in [4.69, 9.17) is 12.2 Å². The Morgan fingerprint density at radius 1 is 1.00 bits per heavy atom. The molecule has 0 atom stereocenters. The second-order valence-electron chi connectivity index (χ2n) is 4.14. The number of pyridine rings is 1. The van der Waals surface area contributed by atoms with Gasteiger partial charge in [0.15, 0.2) is 22.2 Å². The van der Waals surface area contributed by atoms with Crippen LogP contribution in [0, 0.1) is 22.2 Å². The molecule has 2 aromatic heterocycles. The van der Waals surface area contributed by atoms with Crippen LogP contribution in [0.15, 0.2) is 36.7 Å². The van der Waals surface area contributed by atoms with Gasteiger partial charge in [-0.1, -0.05) is 0 Å². The van der Waals surface area contributed by atoms with Crippen molar-refractivity contribution in [3.8, 4) is 17.1 Å². The normalized spacial score (nSPS) is 10.8. The van der Waals surface area contributed by atoms with Crippen LogP contribution < -0.4 is 0 Å². The van der Waals surface area contributed by atoms with Gasteiger partial charge in [0.1, 0.15) is 5.82 Å². The molecule has 0 unspecified atom stereocenters. The predicted octanol–water partition coefficient (Wildman–Crippen LogP) is 3.41. The summed E-state index contributed by atoms with van der Waals surface area (Å²) in [5.41, 5.74) is 0.376. The fraction of sp³-hybridized carbons (Fsp3) is 0. The summed E-state index contributed by atoms with van der Waals surface area (Å²) in [6, 6.07) is 4.48. The first kappa shape index (κ1) is 13.5. The summed E-state index contributed by atoms with van der Waals surface area (Å²) in [6.45, 7) is 0. The zero-order valence-electron chi connectivity index (χ0n) is 10.3. The lowest BCUT2D eigenvalue weighted by Crippen LogP contribution is -2.03. The van der Waals surface area contributed by atoms with E-state index in [9.17, 15) is 13.2 Å². The van der Waals surface area contributed by atoms with Crippen molar-refractivity contribution < 1.29 is 13.2 Å². The van der Waals surface area contributed by atoms with Gasteiger partial charge < -0.3 is 0 Å². The van der Waals surface area contributed by atoms with E-state index in [1.54, 1.807) is 12.1 Å². The van der Waals surface area contributed by atoms with Gasteiger partial charge in [0.2, 0.25) is 0 Å². The minimum atomic E-state index is -1.27. The molecule has 0 aliphatic heterocycles. The molecule has 0 spiro atoms. The van der Waals surface area contributed by atoms with Crippen molar-refractivity contribution in [3.63, 3.8) is 0 Å². The molecule has 0 aliphatic carbocycles. The number of benzene rings is 1. The number of nitrogens with one attached hydrogen (secondary N) is 1. The summed E-state index contributed by atoms with van der Waals surface area (Å²) in [7, 11) is 0. The second-order valence-corrected chi connectivity index (χ2v) is 4.53. The molecule has 3 rings (SSSR count). The zero-order chi connectivity index (χ0) is 15.0. The van der Waals surface area contributed by atoms with Crippen molar-refractivity contribution in [2.24, 2.45) is 0 Å². The maximum Gasteiger partial charge on any atom is 0.200 e. The summed E-state index contributed by atoms with van der Waals surface area (Å²) < 4.78 is 41.6. The predicted molar refractivity (Wildman–Crippen MR) is 71.9 cm³/mol. The van der Waals surface area contributed by atoms with Crippen LogP contribution in [0.1, 0.15) is 0 Å². The molecule has 0 amide bonds. The van der Waals surface area contributed by atoms with Crippen LogP contribution in [0.3, 0.4) is 0 Å². The summed E-state index contributed by atoms with van der Waals surface area (Å²) >= 11 is 5.04. The van der Waals surface area contributed by atoms with Crippen LogP contribution in [0.25, 0.3) is 17.1 Å². The van der Waals surface area contributed by atoms with Gasteiger partial charge in [0.05, 0.1) is 5.69 Å². The van der Waals surface area contributed by atoms with E-state index in [1.165, 1.54) is 17.0 Å². The van der Waals surface area contributed by atoms with Crippen LogP contribution in [0.2, 0.25) is 0 Å². The highest BCUT2D eigenvalue weighted by atomic mass is 32.1. The molecule has 0 saturated heterocycles. The van der Waals surface area contributed by atoms with Crippen molar-refractivity contribution in [1.82, 2.24) is 19.7 Å². The minimum absolute atomic E-state index is 0.0618. The van der Waals surface area contributed by atoms with Crippen molar-refractivity contribution >= 4 is 12.2 Å². The SMILES string of the molecule is Fc1cc(F)c(-n2c(-c3ccncc3)n[nH]c2=S)cc1F. The van der Waals surface area contributed by atoms with E-state index >= 15 is 0 Å². The van der Waals surface area contributed by atoms with Crippen molar-refractivity contribution in [2.75, 3.05) is 0 Å². The molecule has 0 aliphatic rings. The number of aromatic nitrogens is 4. The Morgan fingerprint density at radius 2 is 1.67 bits per heavy atom. The van der Waals surface area contributed by atoms with E-state index in [2.05, 4.69) is 15.2 Å². The van der Waals surface area contributed by atoms with E-state index in [1.807, 2.05) is 0 Å². The number of rotatable bonds is 2. The fourth-order valence-corrected chi connectivity index (χ4v) is 2.13. The van der Waals surface area contributed by atoms with E-state index in [0.717, 1.165) is 6.07 Å². The number of hydrogen-bond acceptors (Lipinski definition) is 3. The lowest BCUT2D eigenvalue weighted by molar-refractivity contribution is 0.493. The largest absolute Gasteiger partial charge is 0.265 e. The first-order chi connectivity index (χ1) is 10.1. The third-order valence-electron chi connectivity index (χ3n) is 2.84. The topological polar surface area (TPSA) is 46.5 Å². The van der Waals surface area contributed by atoms with Crippen LogP contribution in [-0.2, 0) is 0 Å². The van der Waals surface area contributed by atoms with Crippen LogP contribution in [0.4, 0.5) is 13.2 Å². The highest BCUT2D eigenvalue weighted by Gasteiger charge is 2.17. The lowest BCUT2D eigenvalue weighted by atomic mass is 10.2. The molecule has 8 heteroatoms. The number of nitrogens with zero attached hydrogens (tertiary/aromatic N) is 3. The molecule has 1 aromatic carbocycles. The standard InChI is InChI=1S/C13H7F3N4S/c14-8-5-10(16)11(6-9(8)15)20-12(18-19-13(20)21)7-1-3-17-4-2-7/h1-6H,(H,19,21).